The summed E-state index contributed by atoms with van der Waals surface area (Å²) in [5.41, 5.74) is 6.68. The number of aldehydes is 1. The van der Waals surface area contributed by atoms with Crippen LogP contribution in [0.2, 0.25) is 0 Å². The molecule has 1 heterocycles. The van der Waals surface area contributed by atoms with Gasteiger partial charge >= 0.3 is 0 Å². The highest BCUT2D eigenvalue weighted by Crippen LogP contribution is 2.31. The van der Waals surface area contributed by atoms with Crippen LogP contribution in [-0.2, 0) is 11.2 Å². The molecule has 0 aliphatic rings. The van der Waals surface area contributed by atoms with Gasteiger partial charge in [-0.1, -0.05) is 11.6 Å². The Morgan fingerprint density at radius 2 is 1.95 bits per heavy atom. The van der Waals surface area contributed by atoms with Crippen molar-refractivity contribution in [1.82, 2.24) is 4.98 Å². The van der Waals surface area contributed by atoms with E-state index in [9.17, 15) is 4.79 Å². The lowest BCUT2D eigenvalue weighted by Crippen LogP contribution is -1.95. The summed E-state index contributed by atoms with van der Waals surface area (Å²) >= 11 is 0. The predicted molar refractivity (Wildman–Crippen MR) is 89.5 cm³/mol. The van der Waals surface area contributed by atoms with Crippen molar-refractivity contribution in [1.29, 1.82) is 0 Å². The Morgan fingerprint density at radius 3 is 2.68 bits per heavy atom. The molecule has 3 aromatic rings. The largest absolute Gasteiger partial charge is 0.497 e. The highest BCUT2D eigenvalue weighted by atomic mass is 16.5. The van der Waals surface area contributed by atoms with E-state index in [0.717, 1.165) is 50.9 Å². The summed E-state index contributed by atoms with van der Waals surface area (Å²) in [6.45, 7) is 4.13. The van der Waals surface area contributed by atoms with Crippen LogP contribution in [0.3, 0.4) is 0 Å². The summed E-state index contributed by atoms with van der Waals surface area (Å²) in [6, 6.07) is 12.4. The predicted octanol–water partition coefficient (Wildman–Crippen LogP) is 4.20. The van der Waals surface area contributed by atoms with E-state index in [2.05, 4.69) is 37.0 Å². The molecule has 0 unspecified atom stereocenters. The molecule has 0 fully saturated rings. The Kier molecular flexibility index (Phi) is 3.72. The summed E-state index contributed by atoms with van der Waals surface area (Å²) in [6.07, 6.45) is 1.41. The molecule has 3 heteroatoms. The van der Waals surface area contributed by atoms with E-state index >= 15 is 0 Å². The van der Waals surface area contributed by atoms with Crippen LogP contribution in [0.1, 0.15) is 16.7 Å². The van der Waals surface area contributed by atoms with Crippen LogP contribution in [0, 0.1) is 13.8 Å². The highest BCUT2D eigenvalue weighted by Gasteiger charge is 2.10. The van der Waals surface area contributed by atoms with Crippen molar-refractivity contribution in [3.63, 3.8) is 0 Å². The van der Waals surface area contributed by atoms with Gasteiger partial charge in [-0.2, -0.15) is 0 Å². The van der Waals surface area contributed by atoms with Gasteiger partial charge in [-0.3, -0.25) is 0 Å². The number of carbonyl (C=O) groups is 1. The molecule has 1 N–H and O–H groups in total. The molecule has 0 amide bonds. The van der Waals surface area contributed by atoms with Crippen molar-refractivity contribution < 1.29 is 9.53 Å². The number of H-pyrrole nitrogens is 1. The number of aromatic nitrogens is 1. The van der Waals surface area contributed by atoms with Crippen molar-refractivity contribution in [2.75, 3.05) is 7.11 Å². The van der Waals surface area contributed by atoms with Crippen LogP contribution in [0.15, 0.2) is 36.4 Å². The third kappa shape index (κ3) is 2.50. The summed E-state index contributed by atoms with van der Waals surface area (Å²) in [5, 5.41) is 1.12. The lowest BCUT2D eigenvalue weighted by atomic mass is 9.95. The molecule has 0 saturated heterocycles. The molecule has 0 aliphatic carbocycles. The number of benzene rings is 2. The van der Waals surface area contributed by atoms with E-state index in [0.29, 0.717) is 6.42 Å². The summed E-state index contributed by atoms with van der Waals surface area (Å²) in [4.78, 5) is 14.3. The van der Waals surface area contributed by atoms with Gasteiger partial charge in [0, 0.05) is 28.6 Å². The third-order valence-electron chi connectivity index (χ3n) is 4.08. The third-order valence-corrected chi connectivity index (χ3v) is 4.08. The molecule has 1 aromatic heterocycles. The number of hydrogen-bond acceptors (Lipinski definition) is 2. The molecular weight excluding hydrogens is 274 g/mol. The van der Waals surface area contributed by atoms with Crippen LogP contribution < -0.4 is 4.74 Å². The van der Waals surface area contributed by atoms with E-state index in [1.54, 1.807) is 7.11 Å². The first-order valence-electron chi connectivity index (χ1n) is 7.33. The average molecular weight is 293 g/mol. The summed E-state index contributed by atoms with van der Waals surface area (Å²) in [5.74, 6) is 0.848. The number of methoxy groups -OCH3 is 1. The maximum atomic E-state index is 10.9. The molecule has 0 spiro atoms. The van der Waals surface area contributed by atoms with Gasteiger partial charge in [0.25, 0.3) is 0 Å². The number of aryl methyl sites for hydroxylation is 1. The van der Waals surface area contributed by atoms with Gasteiger partial charge in [0.05, 0.1) is 7.11 Å². The van der Waals surface area contributed by atoms with Crippen LogP contribution in [0.4, 0.5) is 0 Å². The number of carbonyl (C=O) groups excluding carboxylic acids is 1. The molecule has 0 aliphatic heterocycles. The number of rotatable bonds is 4. The van der Waals surface area contributed by atoms with Gasteiger partial charge in [-0.15, -0.1) is 0 Å². The number of hydrogen-bond donors (Lipinski definition) is 1. The molecule has 0 bridgehead atoms. The van der Waals surface area contributed by atoms with Crippen LogP contribution >= 0.6 is 0 Å². The summed E-state index contributed by atoms with van der Waals surface area (Å²) < 4.78 is 5.28. The Balaban J connectivity index is 2.16. The first-order chi connectivity index (χ1) is 10.6. The zero-order valence-corrected chi connectivity index (χ0v) is 13.1. The normalized spacial score (nSPS) is 10.9. The van der Waals surface area contributed by atoms with Crippen molar-refractivity contribution in [3.8, 4) is 17.0 Å². The van der Waals surface area contributed by atoms with Crippen LogP contribution in [0.5, 0.6) is 5.75 Å². The van der Waals surface area contributed by atoms with E-state index in [1.165, 1.54) is 0 Å². The standard InChI is InChI=1S/C19H19NO2/c1-12-8-14(6-7-21)13(2)17(9-12)19-11-15-10-16(22-3)4-5-18(15)20-19/h4-5,7-11,20H,6H2,1-3H3. The summed E-state index contributed by atoms with van der Waals surface area (Å²) in [7, 11) is 1.67. The van der Waals surface area contributed by atoms with Crippen molar-refractivity contribution >= 4 is 17.2 Å². The van der Waals surface area contributed by atoms with Gasteiger partial charge in [-0.05, 0) is 55.3 Å². The Hall–Kier alpha value is -2.55. The maximum Gasteiger partial charge on any atom is 0.124 e. The highest BCUT2D eigenvalue weighted by molar-refractivity contribution is 5.88. The molecule has 3 rings (SSSR count). The minimum Gasteiger partial charge on any atom is -0.497 e. The van der Waals surface area contributed by atoms with Gasteiger partial charge in [0.15, 0.2) is 0 Å². The molecule has 0 atom stereocenters. The van der Waals surface area contributed by atoms with Crippen molar-refractivity contribution in [3.05, 3.63) is 53.1 Å². The van der Waals surface area contributed by atoms with Gasteiger partial charge < -0.3 is 14.5 Å². The van der Waals surface area contributed by atoms with Crippen LogP contribution in [-0.4, -0.2) is 18.4 Å². The number of aromatic amines is 1. The second-order valence-corrected chi connectivity index (χ2v) is 5.60. The lowest BCUT2D eigenvalue weighted by Gasteiger charge is -2.10. The minimum absolute atomic E-state index is 0.453. The molecule has 0 radical (unpaired) electrons. The molecule has 3 nitrogen and oxygen atoms in total. The number of nitrogens with one attached hydrogen (secondary N) is 1. The fraction of sp³-hybridized carbons (Fsp3) is 0.211. The molecule has 2 aromatic carbocycles. The van der Waals surface area contributed by atoms with Gasteiger partial charge in [0.2, 0.25) is 0 Å². The van der Waals surface area contributed by atoms with E-state index < -0.39 is 0 Å². The van der Waals surface area contributed by atoms with Crippen molar-refractivity contribution in [2.45, 2.75) is 20.3 Å². The first kappa shape index (κ1) is 14.4. The number of ether oxygens (including phenoxy) is 1. The smallest absolute Gasteiger partial charge is 0.124 e. The van der Waals surface area contributed by atoms with E-state index in [-0.39, 0.29) is 0 Å². The SMILES string of the molecule is COc1ccc2[nH]c(-c3cc(C)cc(CC=O)c3C)cc2c1. The van der Waals surface area contributed by atoms with E-state index in [1.807, 2.05) is 18.2 Å². The Bertz CT molecular complexity index is 846. The molecular formula is C19H19NO2. The lowest BCUT2D eigenvalue weighted by molar-refractivity contribution is -0.107. The maximum absolute atomic E-state index is 10.9. The fourth-order valence-electron chi connectivity index (χ4n) is 2.90. The Morgan fingerprint density at radius 1 is 1.14 bits per heavy atom. The molecule has 0 saturated carbocycles. The zero-order chi connectivity index (χ0) is 15.7. The minimum atomic E-state index is 0.453. The van der Waals surface area contributed by atoms with Gasteiger partial charge in [-0.25, -0.2) is 0 Å². The zero-order valence-electron chi connectivity index (χ0n) is 13.1. The average Bonchev–Trinajstić information content (AvgIpc) is 2.93. The van der Waals surface area contributed by atoms with E-state index in [4.69, 9.17) is 4.74 Å². The quantitative estimate of drug-likeness (QED) is 0.732. The van der Waals surface area contributed by atoms with Gasteiger partial charge in [0.1, 0.15) is 12.0 Å². The van der Waals surface area contributed by atoms with Crippen molar-refractivity contribution in [2.24, 2.45) is 0 Å². The molecule has 22 heavy (non-hydrogen) atoms. The second-order valence-electron chi connectivity index (χ2n) is 5.60. The fourth-order valence-corrected chi connectivity index (χ4v) is 2.90. The molecule has 112 valence electrons. The number of fused-ring (bicyclic) bond motifs is 1. The second kappa shape index (κ2) is 5.68. The first-order valence-corrected chi connectivity index (χ1v) is 7.33. The Labute approximate surface area is 129 Å². The monoisotopic (exact) mass is 293 g/mol. The van der Waals surface area contributed by atoms with Crippen LogP contribution in [0.25, 0.3) is 22.2 Å². The topological polar surface area (TPSA) is 42.1 Å².